The molecule has 4 heteroatoms. The fraction of sp³-hybridized carbons (Fsp3) is 0.350. The maximum absolute atomic E-state index is 11.9. The van der Waals surface area contributed by atoms with E-state index >= 15 is 0 Å². The maximum atomic E-state index is 11.9. The van der Waals surface area contributed by atoms with Crippen molar-refractivity contribution in [3.05, 3.63) is 59.2 Å². The molecule has 0 aliphatic rings. The molecule has 24 heavy (non-hydrogen) atoms. The highest BCUT2D eigenvalue weighted by atomic mass is 16.5. The van der Waals surface area contributed by atoms with E-state index in [1.54, 1.807) is 7.11 Å². The third-order valence-corrected chi connectivity index (χ3v) is 3.70. The second-order valence-electron chi connectivity index (χ2n) is 5.88. The highest BCUT2D eigenvalue weighted by Gasteiger charge is 2.05. The van der Waals surface area contributed by atoms with Crippen molar-refractivity contribution >= 4 is 5.91 Å². The average Bonchev–Trinajstić information content (AvgIpc) is 2.56. The number of benzene rings is 2. The van der Waals surface area contributed by atoms with Crippen LogP contribution < -0.4 is 14.8 Å². The predicted molar refractivity (Wildman–Crippen MR) is 95.7 cm³/mol. The van der Waals surface area contributed by atoms with Gasteiger partial charge in [-0.3, -0.25) is 4.79 Å². The van der Waals surface area contributed by atoms with Crippen LogP contribution in [0.15, 0.2) is 42.5 Å². The lowest BCUT2D eigenvalue weighted by Gasteiger charge is -2.10. The number of rotatable bonds is 8. The number of nitrogens with one attached hydrogen (secondary N) is 1. The van der Waals surface area contributed by atoms with Gasteiger partial charge in [0.05, 0.1) is 7.11 Å². The summed E-state index contributed by atoms with van der Waals surface area (Å²) >= 11 is 0. The first kappa shape index (κ1) is 17.9. The molecule has 2 rings (SSSR count). The number of hydrogen-bond acceptors (Lipinski definition) is 3. The van der Waals surface area contributed by atoms with Crippen molar-refractivity contribution in [3.63, 3.8) is 0 Å². The number of methoxy groups -OCH3 is 1. The maximum Gasteiger partial charge on any atom is 0.257 e. The summed E-state index contributed by atoms with van der Waals surface area (Å²) in [7, 11) is 1.67. The Balaban J connectivity index is 1.70. The van der Waals surface area contributed by atoms with Gasteiger partial charge < -0.3 is 14.8 Å². The lowest BCUT2D eigenvalue weighted by atomic mass is 10.1. The van der Waals surface area contributed by atoms with Crippen LogP contribution in [0, 0.1) is 13.8 Å². The van der Waals surface area contributed by atoms with Gasteiger partial charge in [0.1, 0.15) is 11.5 Å². The zero-order valence-electron chi connectivity index (χ0n) is 14.6. The minimum atomic E-state index is -0.103. The topological polar surface area (TPSA) is 47.6 Å². The van der Waals surface area contributed by atoms with Gasteiger partial charge >= 0.3 is 0 Å². The van der Waals surface area contributed by atoms with Gasteiger partial charge in [-0.1, -0.05) is 24.3 Å². The molecule has 0 saturated carbocycles. The molecule has 2 aromatic carbocycles. The van der Waals surface area contributed by atoms with E-state index in [0.29, 0.717) is 6.54 Å². The van der Waals surface area contributed by atoms with Crippen LogP contribution in [0.25, 0.3) is 0 Å². The van der Waals surface area contributed by atoms with Crippen molar-refractivity contribution in [2.24, 2.45) is 0 Å². The molecule has 2 aromatic rings. The Hall–Kier alpha value is -2.49. The highest BCUT2D eigenvalue weighted by Crippen LogP contribution is 2.18. The highest BCUT2D eigenvalue weighted by molar-refractivity contribution is 5.77. The third-order valence-electron chi connectivity index (χ3n) is 3.70. The Bertz CT molecular complexity index is 662. The molecule has 0 spiro atoms. The molecule has 0 aromatic heterocycles. The predicted octanol–water partition coefficient (Wildman–Crippen LogP) is 3.44. The van der Waals surface area contributed by atoms with E-state index in [1.807, 2.05) is 50.2 Å². The van der Waals surface area contributed by atoms with E-state index in [1.165, 1.54) is 0 Å². The molecule has 1 N–H and O–H groups in total. The summed E-state index contributed by atoms with van der Waals surface area (Å²) in [5.41, 5.74) is 3.41. The first-order valence-electron chi connectivity index (χ1n) is 8.18. The van der Waals surface area contributed by atoms with Crippen LogP contribution in [0.3, 0.4) is 0 Å². The van der Waals surface area contributed by atoms with Crippen LogP contribution in [-0.2, 0) is 11.2 Å². The van der Waals surface area contributed by atoms with Gasteiger partial charge in [-0.25, -0.2) is 0 Å². The van der Waals surface area contributed by atoms with Gasteiger partial charge in [0.2, 0.25) is 0 Å². The number of amides is 1. The molecule has 0 saturated heterocycles. The molecular weight excluding hydrogens is 302 g/mol. The molecule has 0 radical (unpaired) electrons. The third kappa shape index (κ3) is 5.61. The van der Waals surface area contributed by atoms with Crippen molar-refractivity contribution < 1.29 is 14.3 Å². The van der Waals surface area contributed by atoms with Crippen LogP contribution in [-0.4, -0.2) is 26.2 Å². The summed E-state index contributed by atoms with van der Waals surface area (Å²) in [6, 6.07) is 13.9. The molecule has 0 heterocycles. The molecule has 128 valence electrons. The fourth-order valence-corrected chi connectivity index (χ4v) is 2.63. The number of aryl methyl sites for hydroxylation is 3. The lowest BCUT2D eigenvalue weighted by molar-refractivity contribution is -0.123. The molecule has 0 aliphatic carbocycles. The summed E-state index contributed by atoms with van der Waals surface area (Å²) in [6.07, 6.45) is 1.72. The van der Waals surface area contributed by atoms with E-state index in [9.17, 15) is 4.79 Å². The molecule has 0 fully saturated rings. The Labute approximate surface area is 143 Å². The minimum absolute atomic E-state index is 0.0392. The zero-order valence-corrected chi connectivity index (χ0v) is 14.6. The van der Waals surface area contributed by atoms with Crippen LogP contribution in [0.1, 0.15) is 23.1 Å². The van der Waals surface area contributed by atoms with E-state index in [-0.39, 0.29) is 12.5 Å². The monoisotopic (exact) mass is 327 g/mol. The molecule has 1 amide bonds. The Morgan fingerprint density at radius 3 is 2.50 bits per heavy atom. The van der Waals surface area contributed by atoms with E-state index in [2.05, 4.69) is 11.4 Å². The van der Waals surface area contributed by atoms with E-state index in [4.69, 9.17) is 9.47 Å². The summed E-state index contributed by atoms with van der Waals surface area (Å²) in [5.74, 6) is 1.52. The van der Waals surface area contributed by atoms with Crippen LogP contribution >= 0.6 is 0 Å². The second kappa shape index (κ2) is 8.96. The van der Waals surface area contributed by atoms with Crippen LogP contribution in [0.2, 0.25) is 0 Å². The molecular formula is C20H25NO3. The fourth-order valence-electron chi connectivity index (χ4n) is 2.63. The van der Waals surface area contributed by atoms with Gasteiger partial charge in [-0.15, -0.1) is 0 Å². The summed E-state index contributed by atoms with van der Waals surface area (Å²) in [6.45, 7) is 4.68. The van der Waals surface area contributed by atoms with Gasteiger partial charge in [0.25, 0.3) is 5.91 Å². The lowest BCUT2D eigenvalue weighted by Crippen LogP contribution is -2.29. The largest absolute Gasteiger partial charge is 0.496 e. The Kier molecular flexibility index (Phi) is 6.67. The molecule has 0 aliphatic heterocycles. The Morgan fingerprint density at radius 2 is 1.79 bits per heavy atom. The van der Waals surface area contributed by atoms with Crippen molar-refractivity contribution in [2.75, 3.05) is 20.3 Å². The zero-order chi connectivity index (χ0) is 17.4. The number of ether oxygens (including phenoxy) is 2. The standard InChI is InChI=1S/C20H25NO3/c1-15-11-16(2)13-18(12-15)24-14-20(22)21-10-6-8-17-7-4-5-9-19(17)23-3/h4-5,7,9,11-13H,6,8,10,14H2,1-3H3,(H,21,22). The molecule has 0 unspecified atom stereocenters. The van der Waals surface area contributed by atoms with Gasteiger partial charge in [-0.05, 0) is 61.6 Å². The van der Waals surface area contributed by atoms with Crippen molar-refractivity contribution in [1.82, 2.24) is 5.32 Å². The van der Waals surface area contributed by atoms with Crippen LogP contribution in [0.4, 0.5) is 0 Å². The van der Waals surface area contributed by atoms with E-state index < -0.39 is 0 Å². The number of carbonyl (C=O) groups excluding carboxylic acids is 1. The quantitative estimate of drug-likeness (QED) is 0.756. The normalized spacial score (nSPS) is 10.3. The first-order chi connectivity index (χ1) is 11.6. The van der Waals surface area contributed by atoms with E-state index in [0.717, 1.165) is 41.0 Å². The number of hydrogen-bond donors (Lipinski definition) is 1. The van der Waals surface area contributed by atoms with Crippen molar-refractivity contribution in [3.8, 4) is 11.5 Å². The number of para-hydroxylation sites is 1. The van der Waals surface area contributed by atoms with Gasteiger partial charge in [0, 0.05) is 6.54 Å². The van der Waals surface area contributed by atoms with Gasteiger partial charge in [0.15, 0.2) is 6.61 Å². The summed E-state index contributed by atoms with van der Waals surface area (Å²) in [5, 5.41) is 2.89. The van der Waals surface area contributed by atoms with Crippen LogP contribution in [0.5, 0.6) is 11.5 Å². The van der Waals surface area contributed by atoms with Crippen molar-refractivity contribution in [2.45, 2.75) is 26.7 Å². The summed E-state index contributed by atoms with van der Waals surface area (Å²) < 4.78 is 10.9. The Morgan fingerprint density at radius 1 is 1.08 bits per heavy atom. The first-order valence-corrected chi connectivity index (χ1v) is 8.18. The SMILES string of the molecule is COc1ccccc1CCCNC(=O)COc1cc(C)cc(C)c1. The second-order valence-corrected chi connectivity index (χ2v) is 5.88. The number of carbonyl (C=O) groups is 1. The van der Waals surface area contributed by atoms with Crippen molar-refractivity contribution in [1.29, 1.82) is 0 Å². The molecule has 0 atom stereocenters. The molecule has 4 nitrogen and oxygen atoms in total. The smallest absolute Gasteiger partial charge is 0.257 e. The molecule has 0 bridgehead atoms. The average molecular weight is 327 g/mol. The van der Waals surface area contributed by atoms with Gasteiger partial charge in [-0.2, -0.15) is 0 Å². The minimum Gasteiger partial charge on any atom is -0.496 e. The summed E-state index contributed by atoms with van der Waals surface area (Å²) in [4.78, 5) is 11.9.